The number of ether oxygens (including phenoxy) is 6. The number of unbranched alkanes of at least 4 members (excludes halogenated alkanes) is 42. The van der Waals surface area contributed by atoms with E-state index < -0.39 is 0 Å². The summed E-state index contributed by atoms with van der Waals surface area (Å²) in [6.07, 6.45) is 60.8. The largest absolute Gasteiger partial charge is 0.490 e. The molecule has 0 N–H and O–H groups in total. The molecule has 0 saturated heterocycles. The van der Waals surface area contributed by atoms with E-state index in [2.05, 4.69) is 91.8 Å². The highest BCUT2D eigenvalue weighted by molar-refractivity contribution is 6.28. The van der Waals surface area contributed by atoms with E-state index in [1.54, 1.807) is 0 Å². The van der Waals surface area contributed by atoms with Crippen LogP contribution >= 0.6 is 0 Å². The van der Waals surface area contributed by atoms with Gasteiger partial charge in [0.05, 0.1) is 39.6 Å². The molecule has 0 aliphatic carbocycles. The molecular weight excluding hydrogens is 1100 g/mol. The first kappa shape index (κ1) is 76.7. The van der Waals surface area contributed by atoms with Crippen LogP contribution in [0.1, 0.15) is 361 Å². The minimum absolute atomic E-state index is 0.679. The van der Waals surface area contributed by atoms with Gasteiger partial charge in [0.25, 0.3) is 0 Å². The molecule has 6 heteroatoms. The van der Waals surface area contributed by atoms with Gasteiger partial charge in [-0.3, -0.25) is 0 Å². The Morgan fingerprint density at radius 1 is 0.178 bits per heavy atom. The van der Waals surface area contributed by atoms with Crippen LogP contribution in [0.15, 0.2) is 36.4 Å². The van der Waals surface area contributed by atoms with Gasteiger partial charge in [-0.05, 0) is 132 Å². The van der Waals surface area contributed by atoms with E-state index in [1.165, 1.54) is 313 Å². The van der Waals surface area contributed by atoms with Crippen LogP contribution in [-0.2, 0) is 0 Å². The molecule has 5 rings (SSSR count). The number of fused-ring (bicyclic) bond motifs is 7. The molecule has 0 aliphatic rings. The number of aryl methyl sites for hydroxylation is 2. The lowest BCUT2D eigenvalue weighted by Gasteiger charge is -2.22. The predicted molar refractivity (Wildman–Crippen MR) is 395 cm³/mol. The number of benzene rings is 5. The normalized spacial score (nSPS) is 11.7. The third-order valence-electron chi connectivity index (χ3n) is 19.4. The highest BCUT2D eigenvalue weighted by Crippen LogP contribution is 2.49. The molecule has 0 heterocycles. The highest BCUT2D eigenvalue weighted by atomic mass is 16.5. The first-order valence-corrected chi connectivity index (χ1v) is 39.2. The molecule has 0 saturated carbocycles. The zero-order chi connectivity index (χ0) is 63.9. The molecule has 0 aromatic heterocycles. The summed E-state index contributed by atoms with van der Waals surface area (Å²) in [5.41, 5.74) is 2.32. The van der Waals surface area contributed by atoms with Crippen LogP contribution in [0.3, 0.4) is 0 Å². The lowest BCUT2D eigenvalue weighted by Crippen LogP contribution is -2.06. The minimum Gasteiger partial charge on any atom is -0.490 e. The Morgan fingerprint density at radius 3 is 0.522 bits per heavy atom. The van der Waals surface area contributed by atoms with Gasteiger partial charge in [-0.15, -0.1) is 0 Å². The zero-order valence-electron chi connectivity index (χ0n) is 60.1. The molecule has 0 bridgehead atoms. The van der Waals surface area contributed by atoms with Crippen molar-refractivity contribution in [1.82, 2.24) is 0 Å². The second kappa shape index (κ2) is 49.5. The van der Waals surface area contributed by atoms with Crippen molar-refractivity contribution >= 4 is 43.1 Å². The molecule has 510 valence electrons. The second-order valence-corrected chi connectivity index (χ2v) is 27.5. The van der Waals surface area contributed by atoms with Crippen molar-refractivity contribution < 1.29 is 28.4 Å². The summed E-state index contributed by atoms with van der Waals surface area (Å²) in [6, 6.07) is 14.3. The summed E-state index contributed by atoms with van der Waals surface area (Å²) in [7, 11) is 0. The minimum atomic E-state index is 0.679. The monoisotopic (exact) mass is 1240 g/mol. The Hall–Kier alpha value is -4.06. The molecule has 0 aliphatic heterocycles. The van der Waals surface area contributed by atoms with Crippen molar-refractivity contribution in [3.05, 3.63) is 47.5 Å². The maximum absolute atomic E-state index is 7.01. The molecule has 0 spiro atoms. The molecule has 0 unspecified atom stereocenters. The van der Waals surface area contributed by atoms with Crippen molar-refractivity contribution in [3.63, 3.8) is 0 Å². The molecule has 0 fully saturated rings. The van der Waals surface area contributed by atoms with Gasteiger partial charge in [-0.25, -0.2) is 0 Å². The summed E-state index contributed by atoms with van der Waals surface area (Å²) >= 11 is 0. The van der Waals surface area contributed by atoms with Gasteiger partial charge in [0, 0.05) is 11.1 Å². The van der Waals surface area contributed by atoms with Gasteiger partial charge in [0.2, 0.25) is 0 Å². The third kappa shape index (κ3) is 28.7. The summed E-state index contributed by atoms with van der Waals surface area (Å²) in [6.45, 7) is 22.5. The van der Waals surface area contributed by atoms with Crippen molar-refractivity contribution in [2.45, 2.75) is 364 Å². The van der Waals surface area contributed by atoms with Crippen molar-refractivity contribution in [2.24, 2.45) is 0 Å². The van der Waals surface area contributed by atoms with Crippen molar-refractivity contribution in [2.75, 3.05) is 39.6 Å². The molecule has 6 nitrogen and oxygen atoms in total. The Kier molecular flexibility index (Phi) is 42.2. The smallest absolute Gasteiger partial charge is 0.164 e. The van der Waals surface area contributed by atoms with E-state index in [0.717, 1.165) is 84.1 Å². The summed E-state index contributed by atoms with van der Waals surface area (Å²) in [4.78, 5) is 0. The van der Waals surface area contributed by atoms with Crippen LogP contribution in [0.25, 0.3) is 43.1 Å². The lowest BCUT2D eigenvalue weighted by atomic mass is 9.89. The lowest BCUT2D eigenvalue weighted by molar-refractivity contribution is 0.256. The van der Waals surface area contributed by atoms with E-state index in [9.17, 15) is 0 Å². The van der Waals surface area contributed by atoms with Gasteiger partial charge in [-0.1, -0.05) is 311 Å². The Balaban J connectivity index is 1.65. The van der Waals surface area contributed by atoms with Crippen LogP contribution in [0.2, 0.25) is 0 Å². The molecule has 5 aromatic carbocycles. The third-order valence-corrected chi connectivity index (χ3v) is 19.4. The van der Waals surface area contributed by atoms with Gasteiger partial charge in [-0.2, -0.15) is 0 Å². The number of hydrogen-bond donors (Lipinski definition) is 0. The molecule has 0 atom stereocenters. The standard InChI is InChI=1S/C84H138O6/c1-9-15-21-27-33-39-45-51-57-85-79-65-75-73-63-71-69(7)83(89-61-55-49-43-37-31-25-19-13-5)84(90-62-56-50-44-38-32-26-20-14-6)70(8)72(71)64-74(73)76-66-80(86-58-52-46-40-34-28-22-16-10-2)82(88-60-54-48-42-36-30-24-18-12-4)68-78(76)77(75)67-81(79)87-59-53-47-41-35-29-23-17-11-3/h63-68H,9-62H2,1-8H3. The molecule has 0 amide bonds. The van der Waals surface area contributed by atoms with E-state index in [0.29, 0.717) is 39.6 Å². The Morgan fingerprint density at radius 2 is 0.333 bits per heavy atom. The fraction of sp³-hybridized carbons (Fsp3) is 0.738. The molecular formula is C84H138O6. The molecule has 0 radical (unpaired) electrons. The fourth-order valence-electron chi connectivity index (χ4n) is 13.6. The SMILES string of the molecule is CCCCCCCCCCOc1cc2c3cc(OCCCCCCCCCC)c(OCCCCCCCCCC)cc3c3cc4c(C)c(OCCCCCCCCCC)c(OCCCCCCCCCC)c(C)c4cc3c2cc1OCCCCCCCCCC. The summed E-state index contributed by atoms with van der Waals surface area (Å²) in [5.74, 6) is 5.26. The summed E-state index contributed by atoms with van der Waals surface area (Å²) < 4.78 is 41.9. The van der Waals surface area contributed by atoms with Crippen molar-refractivity contribution in [1.29, 1.82) is 0 Å². The Bertz CT molecular complexity index is 2440. The van der Waals surface area contributed by atoms with Crippen LogP contribution < -0.4 is 28.4 Å². The highest BCUT2D eigenvalue weighted by Gasteiger charge is 2.23. The predicted octanol–water partition coefficient (Wildman–Crippen LogP) is 28.0. The average Bonchev–Trinajstić information content (AvgIpc) is 0.729. The number of hydrogen-bond acceptors (Lipinski definition) is 6. The maximum Gasteiger partial charge on any atom is 0.164 e. The summed E-state index contributed by atoms with van der Waals surface area (Å²) in [5, 5.41) is 9.56. The number of rotatable bonds is 60. The second-order valence-electron chi connectivity index (χ2n) is 27.5. The van der Waals surface area contributed by atoms with Crippen molar-refractivity contribution in [3.8, 4) is 34.5 Å². The van der Waals surface area contributed by atoms with E-state index in [1.807, 2.05) is 0 Å². The fourth-order valence-corrected chi connectivity index (χ4v) is 13.6. The van der Waals surface area contributed by atoms with Crippen LogP contribution in [0, 0.1) is 13.8 Å². The van der Waals surface area contributed by atoms with Gasteiger partial charge < -0.3 is 28.4 Å². The first-order chi connectivity index (χ1) is 44.4. The zero-order valence-corrected chi connectivity index (χ0v) is 60.1. The van der Waals surface area contributed by atoms with E-state index in [-0.39, 0.29) is 0 Å². The topological polar surface area (TPSA) is 55.4 Å². The first-order valence-electron chi connectivity index (χ1n) is 39.2. The quantitative estimate of drug-likeness (QED) is 0.0220. The van der Waals surface area contributed by atoms with Gasteiger partial charge >= 0.3 is 0 Å². The maximum atomic E-state index is 7.01. The molecule has 90 heavy (non-hydrogen) atoms. The van der Waals surface area contributed by atoms with Gasteiger partial charge in [0.15, 0.2) is 34.5 Å². The van der Waals surface area contributed by atoms with E-state index >= 15 is 0 Å². The van der Waals surface area contributed by atoms with Crippen LogP contribution in [0.4, 0.5) is 0 Å². The Labute approximate surface area is 553 Å². The average molecular weight is 1240 g/mol. The van der Waals surface area contributed by atoms with Crippen LogP contribution in [0.5, 0.6) is 34.5 Å². The van der Waals surface area contributed by atoms with Crippen LogP contribution in [-0.4, -0.2) is 39.6 Å². The molecule has 5 aromatic rings. The van der Waals surface area contributed by atoms with Gasteiger partial charge in [0.1, 0.15) is 0 Å². The van der Waals surface area contributed by atoms with E-state index in [4.69, 9.17) is 28.4 Å².